The second-order valence-corrected chi connectivity index (χ2v) is 5.48. The summed E-state index contributed by atoms with van der Waals surface area (Å²) in [5.41, 5.74) is 1.57. The van der Waals surface area contributed by atoms with E-state index < -0.39 is 5.82 Å². The van der Waals surface area contributed by atoms with E-state index in [1.807, 2.05) is 6.92 Å². The fourth-order valence-corrected chi connectivity index (χ4v) is 2.40. The Morgan fingerprint density at radius 1 is 1.00 bits per heavy atom. The highest BCUT2D eigenvalue weighted by Crippen LogP contribution is 2.27. The summed E-state index contributed by atoms with van der Waals surface area (Å²) in [6.45, 7) is 1.91. The zero-order chi connectivity index (χ0) is 14.0. The number of hydrogen-bond acceptors (Lipinski definition) is 1. The van der Waals surface area contributed by atoms with Gasteiger partial charge in [-0.3, -0.25) is 0 Å². The normalized spacial score (nSPS) is 12.3. The van der Waals surface area contributed by atoms with E-state index in [1.54, 1.807) is 24.3 Å². The number of benzene rings is 2. The number of rotatable bonds is 3. The molecule has 0 radical (unpaired) electrons. The van der Waals surface area contributed by atoms with Crippen LogP contribution < -0.4 is 5.32 Å². The van der Waals surface area contributed by atoms with E-state index in [4.69, 9.17) is 34.8 Å². The summed E-state index contributed by atoms with van der Waals surface area (Å²) in [6, 6.07) is 9.80. The zero-order valence-corrected chi connectivity index (χ0v) is 12.3. The first-order valence-corrected chi connectivity index (χ1v) is 6.76. The van der Waals surface area contributed by atoms with Gasteiger partial charge in [-0.15, -0.1) is 0 Å². The summed E-state index contributed by atoms with van der Waals surface area (Å²) >= 11 is 17.5. The maximum atomic E-state index is 13.4. The molecule has 5 heteroatoms. The van der Waals surface area contributed by atoms with Crippen LogP contribution in [-0.4, -0.2) is 0 Å². The first kappa shape index (κ1) is 14.4. The van der Waals surface area contributed by atoms with Crippen molar-refractivity contribution in [1.82, 2.24) is 0 Å². The van der Waals surface area contributed by atoms with Gasteiger partial charge in [-0.2, -0.15) is 0 Å². The number of nitrogens with one attached hydrogen (secondary N) is 1. The average Bonchev–Trinajstić information content (AvgIpc) is 2.31. The minimum Gasteiger partial charge on any atom is -0.378 e. The molecule has 0 amide bonds. The van der Waals surface area contributed by atoms with Crippen molar-refractivity contribution < 1.29 is 4.39 Å². The van der Waals surface area contributed by atoms with E-state index in [1.165, 1.54) is 12.1 Å². The first-order valence-electron chi connectivity index (χ1n) is 5.63. The fraction of sp³-hybridized carbons (Fsp3) is 0.143. The summed E-state index contributed by atoms with van der Waals surface area (Å²) in [5, 5.41) is 4.41. The van der Waals surface area contributed by atoms with Crippen LogP contribution in [0.4, 0.5) is 10.1 Å². The minimum absolute atomic E-state index is 0.0960. The SMILES string of the molecule is CC(Nc1cc(Cl)cc(Cl)c1)c1ccc(Cl)c(F)c1. The van der Waals surface area contributed by atoms with Crippen molar-refractivity contribution in [1.29, 1.82) is 0 Å². The number of hydrogen-bond donors (Lipinski definition) is 1. The Kier molecular flexibility index (Phi) is 4.56. The molecule has 0 aliphatic heterocycles. The van der Waals surface area contributed by atoms with Gasteiger partial charge in [0.1, 0.15) is 5.82 Å². The molecular formula is C14H11Cl3FN. The lowest BCUT2D eigenvalue weighted by atomic mass is 10.1. The van der Waals surface area contributed by atoms with Crippen LogP contribution in [0.25, 0.3) is 0 Å². The summed E-state index contributed by atoms with van der Waals surface area (Å²) in [5.74, 6) is -0.433. The molecule has 0 bridgehead atoms. The Balaban J connectivity index is 2.20. The molecule has 0 saturated heterocycles. The van der Waals surface area contributed by atoms with Crippen LogP contribution in [0.3, 0.4) is 0 Å². The zero-order valence-electron chi connectivity index (χ0n) is 10.1. The number of anilines is 1. The van der Waals surface area contributed by atoms with Gasteiger partial charge in [0.15, 0.2) is 0 Å². The molecule has 0 fully saturated rings. The lowest BCUT2D eigenvalue weighted by Gasteiger charge is -2.16. The Morgan fingerprint density at radius 2 is 1.63 bits per heavy atom. The molecule has 2 aromatic rings. The third-order valence-corrected chi connectivity index (χ3v) is 3.43. The molecule has 19 heavy (non-hydrogen) atoms. The molecule has 2 aromatic carbocycles. The van der Waals surface area contributed by atoms with Crippen molar-refractivity contribution >= 4 is 40.5 Å². The van der Waals surface area contributed by atoms with E-state index in [2.05, 4.69) is 5.32 Å². The maximum Gasteiger partial charge on any atom is 0.142 e. The Labute approximate surface area is 126 Å². The largest absolute Gasteiger partial charge is 0.378 e. The van der Waals surface area contributed by atoms with Crippen LogP contribution in [0, 0.1) is 5.82 Å². The fourth-order valence-electron chi connectivity index (χ4n) is 1.75. The van der Waals surface area contributed by atoms with Gasteiger partial charge >= 0.3 is 0 Å². The van der Waals surface area contributed by atoms with Crippen molar-refractivity contribution in [2.75, 3.05) is 5.32 Å². The molecule has 1 atom stereocenters. The van der Waals surface area contributed by atoms with Crippen LogP contribution in [0.2, 0.25) is 15.1 Å². The Bertz CT molecular complexity index is 581. The van der Waals surface area contributed by atoms with Crippen LogP contribution in [0.1, 0.15) is 18.5 Å². The topological polar surface area (TPSA) is 12.0 Å². The van der Waals surface area contributed by atoms with Gasteiger partial charge in [0.05, 0.1) is 5.02 Å². The van der Waals surface area contributed by atoms with Gasteiger partial charge in [-0.1, -0.05) is 40.9 Å². The van der Waals surface area contributed by atoms with Crippen molar-refractivity contribution in [3.63, 3.8) is 0 Å². The Hall–Kier alpha value is -0.960. The molecule has 0 saturated carbocycles. The molecule has 0 aliphatic rings. The van der Waals surface area contributed by atoms with Crippen LogP contribution in [0.15, 0.2) is 36.4 Å². The summed E-state index contributed by atoms with van der Waals surface area (Å²) in [4.78, 5) is 0. The molecule has 1 N–H and O–H groups in total. The Morgan fingerprint density at radius 3 is 2.21 bits per heavy atom. The van der Waals surface area contributed by atoms with Crippen molar-refractivity contribution in [3.8, 4) is 0 Å². The molecule has 2 rings (SSSR count). The van der Waals surface area contributed by atoms with Crippen LogP contribution in [0.5, 0.6) is 0 Å². The van der Waals surface area contributed by atoms with Crippen LogP contribution in [-0.2, 0) is 0 Å². The lowest BCUT2D eigenvalue weighted by molar-refractivity contribution is 0.624. The van der Waals surface area contributed by atoms with Gasteiger partial charge in [0.25, 0.3) is 0 Å². The highest BCUT2D eigenvalue weighted by molar-refractivity contribution is 6.35. The van der Waals surface area contributed by atoms with Crippen LogP contribution >= 0.6 is 34.8 Å². The molecule has 0 aromatic heterocycles. The molecule has 100 valence electrons. The first-order chi connectivity index (χ1) is 8.95. The highest BCUT2D eigenvalue weighted by atomic mass is 35.5. The second-order valence-electron chi connectivity index (χ2n) is 4.20. The smallest absolute Gasteiger partial charge is 0.142 e. The van der Waals surface area contributed by atoms with Gasteiger partial charge in [0.2, 0.25) is 0 Å². The summed E-state index contributed by atoms with van der Waals surface area (Å²) in [6.07, 6.45) is 0. The van der Waals surface area contributed by atoms with Gasteiger partial charge in [-0.05, 0) is 42.8 Å². The summed E-state index contributed by atoms with van der Waals surface area (Å²) < 4.78 is 13.4. The highest BCUT2D eigenvalue weighted by Gasteiger charge is 2.09. The molecule has 1 unspecified atom stereocenters. The maximum absolute atomic E-state index is 13.4. The third-order valence-electron chi connectivity index (χ3n) is 2.69. The average molecular weight is 319 g/mol. The van der Waals surface area contributed by atoms with E-state index in [0.29, 0.717) is 10.0 Å². The molecule has 0 spiro atoms. The predicted molar refractivity (Wildman–Crippen MR) is 79.9 cm³/mol. The molecule has 0 heterocycles. The summed E-state index contributed by atoms with van der Waals surface area (Å²) in [7, 11) is 0. The molecule has 1 nitrogen and oxygen atoms in total. The van der Waals surface area contributed by atoms with Crippen molar-refractivity contribution in [2.45, 2.75) is 13.0 Å². The van der Waals surface area contributed by atoms with E-state index in [-0.39, 0.29) is 11.1 Å². The predicted octanol–water partition coefficient (Wildman–Crippen LogP) is 5.96. The number of halogens is 4. The van der Waals surface area contributed by atoms with Crippen molar-refractivity contribution in [3.05, 3.63) is 62.8 Å². The second kappa shape index (κ2) is 6.00. The molecular weight excluding hydrogens is 308 g/mol. The quantitative estimate of drug-likeness (QED) is 0.736. The van der Waals surface area contributed by atoms with E-state index in [9.17, 15) is 4.39 Å². The minimum atomic E-state index is -0.433. The standard InChI is InChI=1S/C14H11Cl3FN/c1-8(9-2-3-13(17)14(18)4-9)19-12-6-10(15)5-11(16)7-12/h2-8,19H,1H3. The van der Waals surface area contributed by atoms with Gasteiger partial charge < -0.3 is 5.32 Å². The van der Waals surface area contributed by atoms with Gasteiger partial charge in [-0.25, -0.2) is 4.39 Å². The van der Waals surface area contributed by atoms with Gasteiger partial charge in [0, 0.05) is 21.8 Å². The van der Waals surface area contributed by atoms with E-state index >= 15 is 0 Å². The van der Waals surface area contributed by atoms with Crippen molar-refractivity contribution in [2.24, 2.45) is 0 Å². The molecule has 0 aliphatic carbocycles. The van der Waals surface area contributed by atoms with E-state index in [0.717, 1.165) is 11.3 Å². The lowest BCUT2D eigenvalue weighted by Crippen LogP contribution is -2.07. The third kappa shape index (κ3) is 3.75. The monoisotopic (exact) mass is 317 g/mol.